The second kappa shape index (κ2) is 6.01. The molecule has 0 unspecified atom stereocenters. The zero-order chi connectivity index (χ0) is 14.5. The van der Waals surface area contributed by atoms with Gasteiger partial charge in [-0.3, -0.25) is 0 Å². The lowest BCUT2D eigenvalue weighted by molar-refractivity contribution is 0.339. The van der Waals surface area contributed by atoms with E-state index in [-0.39, 0.29) is 12.0 Å². The van der Waals surface area contributed by atoms with E-state index >= 15 is 0 Å². The SMILES string of the molecule is C=C(c1ccc(OC)cc1)c1nc(OC)nc(OC)n1. The van der Waals surface area contributed by atoms with Gasteiger partial charge in [-0.25, -0.2) is 0 Å². The van der Waals surface area contributed by atoms with Crippen molar-refractivity contribution in [2.75, 3.05) is 21.3 Å². The van der Waals surface area contributed by atoms with E-state index in [0.717, 1.165) is 11.3 Å². The molecular formula is C14H15N3O3. The standard InChI is InChI=1S/C14H15N3O3/c1-9(10-5-7-11(18-2)8-6-10)12-15-13(19-3)17-14(16-12)20-4/h5-8H,1H2,2-4H3. The van der Waals surface area contributed by atoms with Crippen LogP contribution in [0.1, 0.15) is 11.4 Å². The van der Waals surface area contributed by atoms with Crippen molar-refractivity contribution >= 4 is 5.57 Å². The molecule has 0 spiro atoms. The van der Waals surface area contributed by atoms with E-state index in [2.05, 4.69) is 21.5 Å². The quantitative estimate of drug-likeness (QED) is 0.829. The van der Waals surface area contributed by atoms with E-state index in [1.807, 2.05) is 24.3 Å². The predicted octanol–water partition coefficient (Wildman–Crippen LogP) is 1.96. The van der Waals surface area contributed by atoms with Gasteiger partial charge in [-0.2, -0.15) is 9.97 Å². The molecule has 6 heteroatoms. The van der Waals surface area contributed by atoms with Crippen LogP contribution in [-0.4, -0.2) is 36.3 Å². The van der Waals surface area contributed by atoms with Crippen LogP contribution in [-0.2, 0) is 0 Å². The van der Waals surface area contributed by atoms with Crippen molar-refractivity contribution in [2.45, 2.75) is 0 Å². The summed E-state index contributed by atoms with van der Waals surface area (Å²) in [5.41, 5.74) is 1.52. The number of nitrogens with zero attached hydrogens (tertiary/aromatic N) is 3. The largest absolute Gasteiger partial charge is 0.497 e. The molecule has 2 rings (SSSR count). The lowest BCUT2D eigenvalue weighted by atomic mass is 10.1. The minimum Gasteiger partial charge on any atom is -0.497 e. The fourth-order valence-electron chi connectivity index (χ4n) is 1.58. The number of ether oxygens (including phenoxy) is 3. The number of hydrogen-bond donors (Lipinski definition) is 0. The molecule has 0 saturated carbocycles. The summed E-state index contributed by atoms with van der Waals surface area (Å²) in [5.74, 6) is 1.17. The van der Waals surface area contributed by atoms with Gasteiger partial charge in [0.25, 0.3) is 0 Å². The van der Waals surface area contributed by atoms with Gasteiger partial charge in [0.15, 0.2) is 5.82 Å². The summed E-state index contributed by atoms with van der Waals surface area (Å²) in [6.07, 6.45) is 0. The first-order valence-corrected chi connectivity index (χ1v) is 5.85. The Morgan fingerprint density at radius 1 is 0.850 bits per heavy atom. The fourth-order valence-corrected chi connectivity index (χ4v) is 1.58. The lowest BCUT2D eigenvalue weighted by Gasteiger charge is -2.08. The van der Waals surface area contributed by atoms with Crippen LogP contribution in [0.25, 0.3) is 5.57 Å². The molecule has 2 aromatic rings. The molecule has 0 aliphatic rings. The van der Waals surface area contributed by atoms with E-state index in [4.69, 9.17) is 14.2 Å². The highest BCUT2D eigenvalue weighted by molar-refractivity contribution is 5.74. The van der Waals surface area contributed by atoms with Crippen molar-refractivity contribution < 1.29 is 14.2 Å². The average Bonchev–Trinajstić information content (AvgIpc) is 2.53. The number of hydrogen-bond acceptors (Lipinski definition) is 6. The molecule has 0 atom stereocenters. The molecule has 0 bridgehead atoms. The summed E-state index contributed by atoms with van der Waals surface area (Å²) in [4.78, 5) is 12.3. The molecule has 1 heterocycles. The van der Waals surface area contributed by atoms with E-state index in [1.54, 1.807) is 7.11 Å². The molecule has 0 aliphatic heterocycles. The van der Waals surface area contributed by atoms with Crippen molar-refractivity contribution in [3.63, 3.8) is 0 Å². The molecule has 0 aliphatic carbocycles. The Hall–Kier alpha value is -2.63. The van der Waals surface area contributed by atoms with Crippen LogP contribution in [0.5, 0.6) is 17.8 Å². The van der Waals surface area contributed by atoms with Crippen molar-refractivity contribution in [3.8, 4) is 17.8 Å². The molecule has 20 heavy (non-hydrogen) atoms. The van der Waals surface area contributed by atoms with Crippen LogP contribution >= 0.6 is 0 Å². The van der Waals surface area contributed by atoms with Gasteiger partial charge in [0.1, 0.15) is 5.75 Å². The molecule has 104 valence electrons. The van der Waals surface area contributed by atoms with Crippen molar-refractivity contribution in [2.24, 2.45) is 0 Å². The molecule has 1 aromatic carbocycles. The van der Waals surface area contributed by atoms with Gasteiger partial charge in [-0.15, -0.1) is 4.98 Å². The smallest absolute Gasteiger partial charge is 0.322 e. The second-order valence-corrected chi connectivity index (χ2v) is 3.84. The number of methoxy groups -OCH3 is 3. The van der Waals surface area contributed by atoms with Gasteiger partial charge in [-0.1, -0.05) is 18.7 Å². The monoisotopic (exact) mass is 273 g/mol. The van der Waals surface area contributed by atoms with Gasteiger partial charge in [0, 0.05) is 5.57 Å². The first-order chi connectivity index (χ1) is 9.67. The highest BCUT2D eigenvalue weighted by Crippen LogP contribution is 2.23. The topological polar surface area (TPSA) is 66.4 Å². The Kier molecular flexibility index (Phi) is 4.14. The van der Waals surface area contributed by atoms with Gasteiger partial charge >= 0.3 is 12.0 Å². The van der Waals surface area contributed by atoms with Crippen LogP contribution in [0.4, 0.5) is 0 Å². The normalized spacial score (nSPS) is 9.95. The Morgan fingerprint density at radius 2 is 1.40 bits per heavy atom. The Bertz CT molecular complexity index is 589. The van der Waals surface area contributed by atoms with Crippen molar-refractivity contribution in [3.05, 3.63) is 42.2 Å². The molecule has 6 nitrogen and oxygen atoms in total. The third kappa shape index (κ3) is 2.85. The van der Waals surface area contributed by atoms with E-state index in [1.165, 1.54) is 14.2 Å². The fraction of sp³-hybridized carbons (Fsp3) is 0.214. The van der Waals surface area contributed by atoms with E-state index in [0.29, 0.717) is 11.4 Å². The van der Waals surface area contributed by atoms with Gasteiger partial charge < -0.3 is 14.2 Å². The van der Waals surface area contributed by atoms with Crippen molar-refractivity contribution in [1.29, 1.82) is 0 Å². The first kappa shape index (κ1) is 13.8. The Morgan fingerprint density at radius 3 is 1.85 bits per heavy atom. The number of benzene rings is 1. The maximum absolute atomic E-state index is 5.12. The summed E-state index contributed by atoms with van der Waals surface area (Å²) in [6, 6.07) is 7.81. The van der Waals surface area contributed by atoms with Gasteiger partial charge in [0.2, 0.25) is 0 Å². The highest BCUT2D eigenvalue weighted by Gasteiger charge is 2.11. The number of aromatic nitrogens is 3. The summed E-state index contributed by atoms with van der Waals surface area (Å²) in [5, 5.41) is 0. The van der Waals surface area contributed by atoms with Crippen LogP contribution in [0.2, 0.25) is 0 Å². The summed E-state index contributed by atoms with van der Waals surface area (Å²) < 4.78 is 15.1. The molecule has 0 amide bonds. The predicted molar refractivity (Wildman–Crippen MR) is 74.1 cm³/mol. The van der Waals surface area contributed by atoms with Crippen LogP contribution < -0.4 is 14.2 Å². The van der Waals surface area contributed by atoms with Crippen LogP contribution in [0.3, 0.4) is 0 Å². The van der Waals surface area contributed by atoms with Crippen LogP contribution in [0, 0.1) is 0 Å². The van der Waals surface area contributed by atoms with E-state index in [9.17, 15) is 0 Å². The Labute approximate surface area is 117 Å². The number of rotatable bonds is 5. The molecule has 0 saturated heterocycles. The third-order valence-corrected chi connectivity index (χ3v) is 2.67. The highest BCUT2D eigenvalue weighted by atomic mass is 16.5. The minimum atomic E-state index is 0.182. The molecule has 0 radical (unpaired) electrons. The van der Waals surface area contributed by atoms with Crippen molar-refractivity contribution in [1.82, 2.24) is 15.0 Å². The zero-order valence-corrected chi connectivity index (χ0v) is 11.6. The van der Waals surface area contributed by atoms with E-state index < -0.39 is 0 Å². The zero-order valence-electron chi connectivity index (χ0n) is 11.6. The van der Waals surface area contributed by atoms with Crippen LogP contribution in [0.15, 0.2) is 30.8 Å². The molecular weight excluding hydrogens is 258 g/mol. The maximum atomic E-state index is 5.12. The minimum absolute atomic E-state index is 0.182. The first-order valence-electron chi connectivity index (χ1n) is 5.85. The summed E-state index contributed by atoms with van der Waals surface area (Å²) in [7, 11) is 4.58. The molecule has 0 fully saturated rings. The maximum Gasteiger partial charge on any atom is 0.322 e. The molecule has 1 aromatic heterocycles. The third-order valence-electron chi connectivity index (χ3n) is 2.67. The summed E-state index contributed by atoms with van der Waals surface area (Å²) >= 11 is 0. The molecule has 0 N–H and O–H groups in total. The van der Waals surface area contributed by atoms with Gasteiger partial charge in [-0.05, 0) is 17.7 Å². The Balaban J connectivity index is 2.36. The average molecular weight is 273 g/mol. The van der Waals surface area contributed by atoms with Gasteiger partial charge in [0.05, 0.1) is 21.3 Å². The second-order valence-electron chi connectivity index (χ2n) is 3.84. The lowest BCUT2D eigenvalue weighted by Crippen LogP contribution is -2.03. The summed E-state index contributed by atoms with van der Waals surface area (Å²) in [6.45, 7) is 4.00.